The first-order valence-corrected chi connectivity index (χ1v) is 7.80. The van der Waals surface area contributed by atoms with Gasteiger partial charge in [0.15, 0.2) is 5.13 Å². The summed E-state index contributed by atoms with van der Waals surface area (Å²) in [6.07, 6.45) is 9.34. The highest BCUT2D eigenvalue weighted by molar-refractivity contribution is 7.15. The van der Waals surface area contributed by atoms with Gasteiger partial charge < -0.3 is 5.32 Å². The third kappa shape index (κ3) is 3.22. The van der Waals surface area contributed by atoms with Crippen molar-refractivity contribution in [3.8, 4) is 0 Å². The molecule has 0 saturated carbocycles. The number of thiazole rings is 1. The summed E-state index contributed by atoms with van der Waals surface area (Å²) in [5.74, 6) is 0.0277. The third-order valence-electron chi connectivity index (χ3n) is 3.46. The second-order valence-corrected chi connectivity index (χ2v) is 6.09. The maximum absolute atomic E-state index is 11.9. The van der Waals surface area contributed by atoms with E-state index in [0.29, 0.717) is 12.8 Å². The minimum absolute atomic E-state index is 0.0277. The van der Waals surface area contributed by atoms with Gasteiger partial charge in [0.05, 0.1) is 5.69 Å². The number of aryl methyl sites for hydroxylation is 3. The van der Waals surface area contributed by atoms with Crippen molar-refractivity contribution < 1.29 is 4.79 Å². The van der Waals surface area contributed by atoms with Crippen LogP contribution < -0.4 is 5.32 Å². The molecule has 0 unspecified atom stereocenters. The normalized spacial score (nSPS) is 13.8. The lowest BCUT2D eigenvalue weighted by Crippen LogP contribution is -2.12. The van der Waals surface area contributed by atoms with Gasteiger partial charge in [0.2, 0.25) is 5.91 Å². The van der Waals surface area contributed by atoms with Crippen molar-refractivity contribution in [2.24, 2.45) is 0 Å². The van der Waals surface area contributed by atoms with Gasteiger partial charge in [-0.05, 0) is 43.7 Å². The van der Waals surface area contributed by atoms with Crippen molar-refractivity contribution in [2.75, 3.05) is 5.32 Å². The fraction of sp³-hybridized carbons (Fsp3) is 0.400. The Kier molecular flexibility index (Phi) is 4.06. The van der Waals surface area contributed by atoms with Crippen LogP contribution in [0.2, 0.25) is 0 Å². The summed E-state index contributed by atoms with van der Waals surface area (Å²) in [5.41, 5.74) is 2.27. The second-order valence-electron chi connectivity index (χ2n) is 5.01. The molecule has 0 spiro atoms. The van der Waals surface area contributed by atoms with Gasteiger partial charge in [-0.15, -0.1) is 11.3 Å². The van der Waals surface area contributed by atoms with E-state index in [1.54, 1.807) is 23.7 Å². The molecule has 1 aliphatic carbocycles. The highest BCUT2D eigenvalue weighted by atomic mass is 32.1. The third-order valence-corrected chi connectivity index (χ3v) is 4.53. The lowest BCUT2D eigenvalue weighted by atomic mass is 10.0. The molecular formula is C15H17N3OS. The number of fused-ring (bicyclic) bond motifs is 1. The Balaban J connectivity index is 1.55. The van der Waals surface area contributed by atoms with E-state index >= 15 is 0 Å². The van der Waals surface area contributed by atoms with Gasteiger partial charge in [-0.1, -0.05) is 6.07 Å². The predicted molar refractivity (Wildman–Crippen MR) is 79.9 cm³/mol. The molecule has 0 saturated heterocycles. The number of rotatable bonds is 4. The van der Waals surface area contributed by atoms with Crippen molar-refractivity contribution in [1.82, 2.24) is 9.97 Å². The van der Waals surface area contributed by atoms with E-state index in [1.807, 2.05) is 12.1 Å². The van der Waals surface area contributed by atoms with Crippen molar-refractivity contribution >= 4 is 22.4 Å². The van der Waals surface area contributed by atoms with Crippen LogP contribution in [-0.2, 0) is 24.1 Å². The summed E-state index contributed by atoms with van der Waals surface area (Å²) in [4.78, 5) is 21.8. The number of nitrogens with zero attached hydrogens (tertiary/aromatic N) is 2. The molecule has 2 heterocycles. The van der Waals surface area contributed by atoms with E-state index in [1.165, 1.54) is 23.4 Å². The maximum atomic E-state index is 11.9. The van der Waals surface area contributed by atoms with Gasteiger partial charge in [0, 0.05) is 23.7 Å². The van der Waals surface area contributed by atoms with Crippen molar-refractivity contribution in [1.29, 1.82) is 0 Å². The lowest BCUT2D eigenvalue weighted by Gasteiger charge is -2.06. The van der Waals surface area contributed by atoms with Gasteiger partial charge in [-0.25, -0.2) is 4.98 Å². The molecule has 5 heteroatoms. The number of anilines is 1. The molecule has 0 aromatic carbocycles. The average Bonchev–Trinajstić information content (AvgIpc) is 2.88. The van der Waals surface area contributed by atoms with Crippen LogP contribution in [0.15, 0.2) is 24.5 Å². The molecule has 0 bridgehead atoms. The van der Waals surface area contributed by atoms with E-state index < -0.39 is 0 Å². The van der Waals surface area contributed by atoms with Crippen molar-refractivity contribution in [3.05, 3.63) is 40.7 Å². The summed E-state index contributed by atoms with van der Waals surface area (Å²) < 4.78 is 0. The Morgan fingerprint density at radius 3 is 3.05 bits per heavy atom. The van der Waals surface area contributed by atoms with Crippen LogP contribution in [-0.4, -0.2) is 15.9 Å². The first-order chi connectivity index (χ1) is 9.81. The molecule has 0 radical (unpaired) electrons. The molecule has 4 nitrogen and oxygen atoms in total. The van der Waals surface area contributed by atoms with Gasteiger partial charge in [0.25, 0.3) is 0 Å². The Bertz CT molecular complexity index is 571. The number of hydrogen-bond acceptors (Lipinski definition) is 4. The molecule has 1 aliphatic rings. The molecule has 1 amide bonds. The molecule has 0 atom stereocenters. The topological polar surface area (TPSA) is 54.9 Å². The summed E-state index contributed by atoms with van der Waals surface area (Å²) in [6, 6.07) is 3.88. The minimum Gasteiger partial charge on any atom is -0.302 e. The number of hydrogen-bond donors (Lipinski definition) is 1. The number of carbonyl (C=O) groups is 1. The van der Waals surface area contributed by atoms with E-state index in [4.69, 9.17) is 0 Å². The highest BCUT2D eigenvalue weighted by Gasteiger charge is 2.16. The van der Waals surface area contributed by atoms with Crippen LogP contribution in [0.5, 0.6) is 0 Å². The minimum atomic E-state index is 0.0277. The van der Waals surface area contributed by atoms with E-state index in [0.717, 1.165) is 23.5 Å². The number of amides is 1. The number of carbonyl (C=O) groups excluding carboxylic acids is 1. The van der Waals surface area contributed by atoms with Gasteiger partial charge in [0.1, 0.15) is 0 Å². The Morgan fingerprint density at radius 1 is 1.35 bits per heavy atom. The summed E-state index contributed by atoms with van der Waals surface area (Å²) in [7, 11) is 0. The molecule has 0 aliphatic heterocycles. The quantitative estimate of drug-likeness (QED) is 0.940. The van der Waals surface area contributed by atoms with Gasteiger partial charge in [-0.2, -0.15) is 0 Å². The Hall–Kier alpha value is -1.75. The standard InChI is InChI=1S/C15H17N3OS/c19-14(8-7-11-4-3-9-16-10-11)18-15-17-12-5-1-2-6-13(12)20-15/h3-4,9-10H,1-2,5-8H2,(H,17,18,19). The molecule has 0 fully saturated rings. The Morgan fingerprint density at radius 2 is 2.25 bits per heavy atom. The van der Waals surface area contributed by atoms with Crippen molar-refractivity contribution in [2.45, 2.75) is 38.5 Å². The first kappa shape index (κ1) is 13.2. The Labute approximate surface area is 122 Å². The molecule has 104 valence electrons. The summed E-state index contributed by atoms with van der Waals surface area (Å²) in [6.45, 7) is 0. The highest BCUT2D eigenvalue weighted by Crippen LogP contribution is 2.29. The molecular weight excluding hydrogens is 270 g/mol. The maximum Gasteiger partial charge on any atom is 0.226 e. The molecule has 2 aromatic heterocycles. The average molecular weight is 287 g/mol. The lowest BCUT2D eigenvalue weighted by molar-refractivity contribution is -0.116. The molecule has 2 aromatic rings. The van der Waals surface area contributed by atoms with Crippen LogP contribution in [0.25, 0.3) is 0 Å². The first-order valence-electron chi connectivity index (χ1n) is 6.98. The smallest absolute Gasteiger partial charge is 0.226 e. The molecule has 20 heavy (non-hydrogen) atoms. The van der Waals surface area contributed by atoms with E-state index in [2.05, 4.69) is 15.3 Å². The summed E-state index contributed by atoms with van der Waals surface area (Å²) >= 11 is 1.63. The summed E-state index contributed by atoms with van der Waals surface area (Å²) in [5, 5.41) is 3.67. The predicted octanol–water partition coefficient (Wildman–Crippen LogP) is 2.99. The van der Waals surface area contributed by atoms with E-state index in [-0.39, 0.29) is 5.91 Å². The van der Waals surface area contributed by atoms with Crippen LogP contribution in [0.3, 0.4) is 0 Å². The molecule has 1 N–H and O–H groups in total. The SMILES string of the molecule is O=C(CCc1cccnc1)Nc1nc2c(s1)CCCC2. The fourth-order valence-electron chi connectivity index (χ4n) is 2.39. The monoisotopic (exact) mass is 287 g/mol. The van der Waals surface area contributed by atoms with Crippen LogP contribution in [0.1, 0.15) is 35.4 Å². The van der Waals surface area contributed by atoms with Gasteiger partial charge in [-0.3, -0.25) is 9.78 Å². The van der Waals surface area contributed by atoms with Crippen LogP contribution in [0.4, 0.5) is 5.13 Å². The van der Waals surface area contributed by atoms with Crippen LogP contribution in [0, 0.1) is 0 Å². The molecule has 3 rings (SSSR count). The largest absolute Gasteiger partial charge is 0.302 e. The van der Waals surface area contributed by atoms with Crippen LogP contribution >= 0.6 is 11.3 Å². The zero-order valence-electron chi connectivity index (χ0n) is 11.3. The van der Waals surface area contributed by atoms with Gasteiger partial charge >= 0.3 is 0 Å². The second kappa shape index (κ2) is 6.13. The number of nitrogens with one attached hydrogen (secondary N) is 1. The zero-order chi connectivity index (χ0) is 13.8. The van der Waals surface area contributed by atoms with E-state index in [9.17, 15) is 4.79 Å². The van der Waals surface area contributed by atoms with Crippen molar-refractivity contribution in [3.63, 3.8) is 0 Å². The fourth-order valence-corrected chi connectivity index (χ4v) is 3.46. The number of aromatic nitrogens is 2. The number of pyridine rings is 1. The zero-order valence-corrected chi connectivity index (χ0v) is 12.1.